The minimum atomic E-state index is 0. The summed E-state index contributed by atoms with van der Waals surface area (Å²) in [6, 6.07) is 8.02. The van der Waals surface area contributed by atoms with Gasteiger partial charge in [0.25, 0.3) is 0 Å². The number of amides is 1. The van der Waals surface area contributed by atoms with Crippen LogP contribution in [0.5, 0.6) is 5.75 Å². The summed E-state index contributed by atoms with van der Waals surface area (Å²) in [4.78, 5) is 14.2. The molecule has 0 aliphatic carbocycles. The average Bonchev–Trinajstić information content (AvgIpc) is 2.87. The molecule has 1 aliphatic heterocycles. The van der Waals surface area contributed by atoms with Gasteiger partial charge in [-0.1, -0.05) is 22.0 Å². The van der Waals surface area contributed by atoms with E-state index in [4.69, 9.17) is 4.74 Å². The Bertz CT molecular complexity index is 459. The molecule has 0 radical (unpaired) electrons. The van der Waals surface area contributed by atoms with Crippen LogP contribution in [0.2, 0.25) is 0 Å². The molecular formula is C15H22BrClN2O2. The van der Waals surface area contributed by atoms with Gasteiger partial charge in [0.2, 0.25) is 5.91 Å². The Labute approximate surface area is 140 Å². The van der Waals surface area contributed by atoms with Crippen molar-refractivity contribution in [2.75, 3.05) is 26.7 Å². The molecule has 1 aromatic carbocycles. The van der Waals surface area contributed by atoms with E-state index in [1.54, 1.807) is 0 Å². The normalized spacial score (nSPS) is 17.4. The fourth-order valence-corrected chi connectivity index (χ4v) is 2.95. The number of nitrogens with one attached hydrogen (secondary N) is 1. The van der Waals surface area contributed by atoms with Crippen molar-refractivity contribution in [2.24, 2.45) is 0 Å². The fraction of sp³-hybridized carbons (Fsp3) is 0.533. The number of likely N-dealkylation sites (N-methyl/N-ethyl adjacent to an activating group) is 1. The van der Waals surface area contributed by atoms with Crippen molar-refractivity contribution in [3.63, 3.8) is 0 Å². The zero-order chi connectivity index (χ0) is 14.4. The maximum atomic E-state index is 12.2. The topological polar surface area (TPSA) is 41.6 Å². The van der Waals surface area contributed by atoms with Crippen molar-refractivity contribution in [3.05, 3.63) is 28.7 Å². The fourth-order valence-electron chi connectivity index (χ4n) is 2.57. The highest BCUT2D eigenvalue weighted by Gasteiger charge is 2.27. The van der Waals surface area contributed by atoms with E-state index in [0.29, 0.717) is 19.1 Å². The number of likely N-dealkylation sites (tertiary alicyclic amines) is 1. The molecule has 1 heterocycles. The van der Waals surface area contributed by atoms with Gasteiger partial charge in [-0.05, 0) is 38.1 Å². The summed E-state index contributed by atoms with van der Waals surface area (Å²) in [6.07, 6.45) is 2.64. The monoisotopic (exact) mass is 376 g/mol. The van der Waals surface area contributed by atoms with Crippen LogP contribution in [0.3, 0.4) is 0 Å². The SMILES string of the molecule is CNCC1CCCN1C(=O)CCOc1cccc(Br)c1.Cl. The van der Waals surface area contributed by atoms with Gasteiger partial charge in [0.05, 0.1) is 13.0 Å². The number of hydrogen-bond donors (Lipinski definition) is 1. The van der Waals surface area contributed by atoms with Gasteiger partial charge in [-0.3, -0.25) is 4.79 Å². The van der Waals surface area contributed by atoms with Gasteiger partial charge >= 0.3 is 0 Å². The van der Waals surface area contributed by atoms with E-state index in [1.165, 1.54) is 0 Å². The van der Waals surface area contributed by atoms with Crippen LogP contribution in [0.25, 0.3) is 0 Å². The molecule has 1 amide bonds. The Hall–Kier alpha value is -0.780. The number of rotatable bonds is 6. The lowest BCUT2D eigenvalue weighted by Gasteiger charge is -2.24. The molecule has 1 aliphatic rings. The molecule has 6 heteroatoms. The molecule has 118 valence electrons. The van der Waals surface area contributed by atoms with Crippen molar-refractivity contribution >= 4 is 34.2 Å². The maximum Gasteiger partial charge on any atom is 0.226 e. The van der Waals surface area contributed by atoms with E-state index in [-0.39, 0.29) is 18.3 Å². The molecule has 0 aromatic heterocycles. The van der Waals surface area contributed by atoms with Gasteiger partial charge < -0.3 is 15.0 Å². The first-order valence-corrected chi connectivity index (χ1v) is 7.82. The van der Waals surface area contributed by atoms with Crippen LogP contribution in [0.1, 0.15) is 19.3 Å². The predicted molar refractivity (Wildman–Crippen MR) is 90.2 cm³/mol. The Balaban J connectivity index is 0.00000220. The summed E-state index contributed by atoms with van der Waals surface area (Å²) >= 11 is 3.40. The van der Waals surface area contributed by atoms with Crippen LogP contribution in [-0.4, -0.2) is 43.6 Å². The first-order valence-electron chi connectivity index (χ1n) is 7.03. The van der Waals surface area contributed by atoms with Crippen LogP contribution < -0.4 is 10.1 Å². The van der Waals surface area contributed by atoms with E-state index in [9.17, 15) is 4.79 Å². The molecule has 1 fully saturated rings. The highest BCUT2D eigenvalue weighted by Crippen LogP contribution is 2.19. The van der Waals surface area contributed by atoms with Gasteiger partial charge in [-0.2, -0.15) is 0 Å². The second kappa shape index (κ2) is 9.28. The molecule has 1 aromatic rings. The second-order valence-electron chi connectivity index (χ2n) is 5.00. The molecule has 0 saturated carbocycles. The lowest BCUT2D eigenvalue weighted by molar-refractivity contribution is -0.132. The summed E-state index contributed by atoms with van der Waals surface area (Å²) in [5.41, 5.74) is 0. The maximum absolute atomic E-state index is 12.2. The third kappa shape index (κ3) is 5.49. The number of halogens is 2. The lowest BCUT2D eigenvalue weighted by atomic mass is 10.2. The van der Waals surface area contributed by atoms with Crippen LogP contribution in [0.4, 0.5) is 0 Å². The Morgan fingerprint density at radius 2 is 2.33 bits per heavy atom. The second-order valence-corrected chi connectivity index (χ2v) is 5.91. The van der Waals surface area contributed by atoms with Crippen LogP contribution in [-0.2, 0) is 4.79 Å². The molecule has 2 rings (SSSR count). The third-order valence-corrected chi connectivity index (χ3v) is 4.01. The van der Waals surface area contributed by atoms with E-state index in [1.807, 2.05) is 36.2 Å². The van der Waals surface area contributed by atoms with Gasteiger partial charge in [0.1, 0.15) is 5.75 Å². The van der Waals surface area contributed by atoms with Crippen molar-refractivity contribution in [1.82, 2.24) is 10.2 Å². The van der Waals surface area contributed by atoms with E-state index in [0.717, 1.165) is 36.2 Å². The highest BCUT2D eigenvalue weighted by molar-refractivity contribution is 9.10. The van der Waals surface area contributed by atoms with Gasteiger partial charge in [-0.25, -0.2) is 0 Å². The quantitative estimate of drug-likeness (QED) is 0.829. The average molecular weight is 378 g/mol. The molecule has 1 saturated heterocycles. The zero-order valence-corrected chi connectivity index (χ0v) is 14.6. The minimum Gasteiger partial charge on any atom is -0.493 e. The lowest BCUT2D eigenvalue weighted by Crippen LogP contribution is -2.41. The summed E-state index contributed by atoms with van der Waals surface area (Å²) in [5, 5.41) is 3.15. The highest BCUT2D eigenvalue weighted by atomic mass is 79.9. The van der Waals surface area contributed by atoms with Gasteiger partial charge in [-0.15, -0.1) is 12.4 Å². The van der Waals surface area contributed by atoms with Gasteiger partial charge in [0.15, 0.2) is 0 Å². The van der Waals surface area contributed by atoms with Crippen molar-refractivity contribution in [1.29, 1.82) is 0 Å². The minimum absolute atomic E-state index is 0. The predicted octanol–water partition coefficient (Wildman–Crippen LogP) is 2.85. The summed E-state index contributed by atoms with van der Waals surface area (Å²) in [7, 11) is 1.93. The van der Waals surface area contributed by atoms with E-state index >= 15 is 0 Å². The number of carbonyl (C=O) groups is 1. The summed E-state index contributed by atoms with van der Waals surface area (Å²) in [5.74, 6) is 0.984. The smallest absolute Gasteiger partial charge is 0.226 e. The Morgan fingerprint density at radius 1 is 1.52 bits per heavy atom. The van der Waals surface area contributed by atoms with Crippen molar-refractivity contribution in [2.45, 2.75) is 25.3 Å². The number of hydrogen-bond acceptors (Lipinski definition) is 3. The number of benzene rings is 1. The number of carbonyl (C=O) groups excluding carboxylic acids is 1. The largest absolute Gasteiger partial charge is 0.493 e. The molecule has 4 nitrogen and oxygen atoms in total. The molecule has 1 unspecified atom stereocenters. The number of ether oxygens (including phenoxy) is 1. The summed E-state index contributed by atoms with van der Waals surface area (Å²) < 4.78 is 6.60. The molecule has 1 N–H and O–H groups in total. The van der Waals surface area contributed by atoms with Crippen molar-refractivity contribution < 1.29 is 9.53 Å². The van der Waals surface area contributed by atoms with Crippen molar-refractivity contribution in [3.8, 4) is 5.75 Å². The van der Waals surface area contributed by atoms with E-state index < -0.39 is 0 Å². The van der Waals surface area contributed by atoms with Gasteiger partial charge in [0, 0.05) is 23.6 Å². The first-order chi connectivity index (χ1) is 9.70. The van der Waals surface area contributed by atoms with E-state index in [2.05, 4.69) is 21.2 Å². The first kappa shape index (κ1) is 18.3. The Morgan fingerprint density at radius 3 is 3.05 bits per heavy atom. The Kier molecular flexibility index (Phi) is 8.07. The van der Waals surface area contributed by atoms with Crippen LogP contribution in [0, 0.1) is 0 Å². The molecule has 1 atom stereocenters. The molecule has 0 bridgehead atoms. The number of nitrogens with zero attached hydrogens (tertiary/aromatic N) is 1. The molecule has 0 spiro atoms. The van der Waals surface area contributed by atoms with Crippen LogP contribution in [0.15, 0.2) is 28.7 Å². The molecular weight excluding hydrogens is 356 g/mol. The summed E-state index contributed by atoms with van der Waals surface area (Å²) in [6.45, 7) is 2.18. The van der Waals surface area contributed by atoms with Crippen LogP contribution >= 0.6 is 28.3 Å². The third-order valence-electron chi connectivity index (χ3n) is 3.52. The molecule has 21 heavy (non-hydrogen) atoms. The standard InChI is InChI=1S/C15H21BrN2O2.ClH/c1-17-11-13-5-3-8-18(13)15(19)7-9-20-14-6-2-4-12(16)10-14;/h2,4,6,10,13,17H,3,5,7-9,11H2,1H3;1H. The zero-order valence-electron chi connectivity index (χ0n) is 12.2.